The van der Waals surface area contributed by atoms with Crippen LogP contribution in [0.15, 0.2) is 65.5 Å². The Kier molecular flexibility index (Phi) is 6.67. The number of benzene rings is 2. The van der Waals surface area contributed by atoms with Crippen molar-refractivity contribution in [2.45, 2.75) is 19.0 Å². The minimum Gasteiger partial charge on any atom is -0.364 e. The minimum absolute atomic E-state index is 0.0203. The summed E-state index contributed by atoms with van der Waals surface area (Å²) in [4.78, 5) is 25.2. The molecule has 5 rings (SSSR count). The highest BCUT2D eigenvalue weighted by Gasteiger charge is 2.34. The molecule has 37 heavy (non-hydrogen) atoms. The van der Waals surface area contributed by atoms with E-state index in [2.05, 4.69) is 21.7 Å². The Hall–Kier alpha value is -3.80. The molecule has 0 aliphatic carbocycles. The second-order valence-electron chi connectivity index (χ2n) is 9.21. The monoisotopic (exact) mass is 519 g/mol. The summed E-state index contributed by atoms with van der Waals surface area (Å²) in [5, 5.41) is 0.0684. The van der Waals surface area contributed by atoms with Crippen molar-refractivity contribution in [1.29, 1.82) is 0 Å². The van der Waals surface area contributed by atoms with Gasteiger partial charge in [-0.2, -0.15) is 0 Å². The normalized spacial score (nSPS) is 16.4. The molecular weight excluding hydrogens is 496 g/mol. The highest BCUT2D eigenvalue weighted by molar-refractivity contribution is 6.34. The molecule has 1 aliphatic rings. The van der Waals surface area contributed by atoms with E-state index >= 15 is 0 Å². The molecule has 0 radical (unpaired) electrons. The zero-order valence-corrected chi connectivity index (χ0v) is 21.1. The standard InChI is InChI=1S/C28H24ClF2N5O/c1-17-16-35(27-24(29)28(37)34(3)22-12-13-23(32-2)33-25(22)27)14-15-36(17)26(18-4-8-20(30)9-5-18)19-6-10-21(31)11-7-19/h4-13,17,26H,14-16H2,1,3H3/t17-/m1/s1. The van der Waals surface area contributed by atoms with Crippen molar-refractivity contribution in [3.05, 3.63) is 110 Å². The number of hydrogen-bond donors (Lipinski definition) is 0. The lowest BCUT2D eigenvalue weighted by Crippen LogP contribution is -2.53. The lowest BCUT2D eigenvalue weighted by Gasteiger charge is -2.45. The van der Waals surface area contributed by atoms with Gasteiger partial charge in [0.1, 0.15) is 22.3 Å². The van der Waals surface area contributed by atoms with E-state index in [0.717, 1.165) is 11.1 Å². The van der Waals surface area contributed by atoms with Crippen LogP contribution in [0.1, 0.15) is 24.1 Å². The van der Waals surface area contributed by atoms with Crippen LogP contribution in [0.4, 0.5) is 20.3 Å². The molecule has 4 aromatic rings. The van der Waals surface area contributed by atoms with Crippen LogP contribution < -0.4 is 10.5 Å². The summed E-state index contributed by atoms with van der Waals surface area (Å²) in [6, 6.07) is 15.8. The number of piperazine rings is 1. The summed E-state index contributed by atoms with van der Waals surface area (Å²) in [6.07, 6.45) is 0. The Bertz CT molecular complexity index is 1520. The number of pyridine rings is 2. The molecule has 1 fully saturated rings. The van der Waals surface area contributed by atoms with Crippen LogP contribution in [0.25, 0.3) is 15.9 Å². The maximum Gasteiger partial charge on any atom is 0.271 e. The summed E-state index contributed by atoms with van der Waals surface area (Å²) < 4.78 is 28.9. The van der Waals surface area contributed by atoms with Gasteiger partial charge in [-0.05, 0) is 54.4 Å². The topological polar surface area (TPSA) is 45.7 Å². The van der Waals surface area contributed by atoms with Gasteiger partial charge in [-0.3, -0.25) is 9.69 Å². The fourth-order valence-corrected chi connectivity index (χ4v) is 5.46. The quantitative estimate of drug-likeness (QED) is 0.324. The first kappa shape index (κ1) is 24.9. The van der Waals surface area contributed by atoms with Gasteiger partial charge in [0, 0.05) is 32.7 Å². The predicted octanol–water partition coefficient (Wildman–Crippen LogP) is 5.72. The van der Waals surface area contributed by atoms with E-state index in [1.54, 1.807) is 43.4 Å². The minimum atomic E-state index is -0.327. The lowest BCUT2D eigenvalue weighted by molar-refractivity contribution is 0.150. The molecule has 2 aromatic carbocycles. The number of hydrogen-bond acceptors (Lipinski definition) is 4. The smallest absolute Gasteiger partial charge is 0.271 e. The first-order valence-electron chi connectivity index (χ1n) is 11.9. The van der Waals surface area contributed by atoms with Crippen LogP contribution in [0.3, 0.4) is 0 Å². The lowest BCUT2D eigenvalue weighted by atomic mass is 9.94. The Morgan fingerprint density at radius 1 is 1.00 bits per heavy atom. The van der Waals surface area contributed by atoms with E-state index in [0.29, 0.717) is 36.4 Å². The van der Waals surface area contributed by atoms with Gasteiger partial charge >= 0.3 is 0 Å². The van der Waals surface area contributed by atoms with Crippen LogP contribution >= 0.6 is 11.6 Å². The predicted molar refractivity (Wildman–Crippen MR) is 141 cm³/mol. The molecule has 0 amide bonds. The van der Waals surface area contributed by atoms with Gasteiger partial charge in [-0.1, -0.05) is 42.4 Å². The SMILES string of the molecule is [C-]#[N+]c1ccc2c(n1)c(N1CCN(C(c3ccc(F)cc3)c3ccc(F)cc3)[C@H](C)C1)c(Cl)c(=O)n2C. The zero-order chi connectivity index (χ0) is 26.3. The third-order valence-corrected chi connectivity index (χ3v) is 7.30. The number of anilines is 1. The van der Waals surface area contributed by atoms with E-state index in [4.69, 9.17) is 18.2 Å². The van der Waals surface area contributed by atoms with Gasteiger partial charge in [-0.15, -0.1) is 4.98 Å². The largest absolute Gasteiger partial charge is 0.364 e. The zero-order valence-electron chi connectivity index (χ0n) is 20.3. The molecule has 1 saturated heterocycles. The molecule has 0 unspecified atom stereocenters. The Labute approximate surface area is 218 Å². The van der Waals surface area contributed by atoms with E-state index < -0.39 is 0 Å². The molecule has 188 valence electrons. The van der Waals surface area contributed by atoms with Gasteiger partial charge < -0.3 is 14.3 Å². The van der Waals surface area contributed by atoms with Crippen molar-refractivity contribution in [2.75, 3.05) is 24.5 Å². The van der Waals surface area contributed by atoms with Gasteiger partial charge in [0.25, 0.3) is 11.4 Å². The second-order valence-corrected chi connectivity index (χ2v) is 9.59. The fraction of sp³-hybridized carbons (Fsp3) is 0.250. The second kappa shape index (κ2) is 9.92. The number of fused-ring (bicyclic) bond motifs is 1. The molecule has 6 nitrogen and oxygen atoms in total. The average Bonchev–Trinajstić information content (AvgIpc) is 2.90. The molecule has 1 aliphatic heterocycles. The van der Waals surface area contributed by atoms with Crippen LogP contribution in [-0.2, 0) is 7.05 Å². The van der Waals surface area contributed by atoms with Crippen molar-refractivity contribution in [1.82, 2.24) is 14.5 Å². The molecule has 9 heteroatoms. The highest BCUT2D eigenvalue weighted by Crippen LogP contribution is 2.37. The van der Waals surface area contributed by atoms with E-state index in [9.17, 15) is 13.6 Å². The number of rotatable bonds is 4. The summed E-state index contributed by atoms with van der Waals surface area (Å²) in [6.45, 7) is 11.1. The molecule has 0 spiro atoms. The van der Waals surface area contributed by atoms with Crippen molar-refractivity contribution in [2.24, 2.45) is 7.05 Å². The molecule has 0 bridgehead atoms. The van der Waals surface area contributed by atoms with Crippen LogP contribution in [0, 0.1) is 18.2 Å². The molecular formula is C28H24ClF2N5O. The molecule has 1 atom stereocenters. The third kappa shape index (κ3) is 4.57. The summed E-state index contributed by atoms with van der Waals surface area (Å²) in [5.41, 5.74) is 3.10. The van der Waals surface area contributed by atoms with E-state index in [-0.39, 0.29) is 40.1 Å². The first-order valence-corrected chi connectivity index (χ1v) is 12.2. The number of halogens is 3. The van der Waals surface area contributed by atoms with E-state index in [1.807, 2.05) is 4.90 Å². The molecule has 0 saturated carbocycles. The van der Waals surface area contributed by atoms with Crippen molar-refractivity contribution < 1.29 is 8.78 Å². The Balaban J connectivity index is 1.54. The van der Waals surface area contributed by atoms with Gasteiger partial charge in [0.15, 0.2) is 0 Å². The summed E-state index contributed by atoms with van der Waals surface area (Å²) >= 11 is 6.60. The van der Waals surface area contributed by atoms with Crippen LogP contribution in [-0.4, -0.2) is 40.1 Å². The molecule has 3 heterocycles. The maximum atomic E-state index is 13.7. The third-order valence-electron chi connectivity index (χ3n) is 6.96. The fourth-order valence-electron chi connectivity index (χ4n) is 5.12. The van der Waals surface area contributed by atoms with Crippen LogP contribution in [0.5, 0.6) is 0 Å². The van der Waals surface area contributed by atoms with Gasteiger partial charge in [-0.25, -0.2) is 8.78 Å². The van der Waals surface area contributed by atoms with Crippen molar-refractivity contribution >= 4 is 34.1 Å². The van der Waals surface area contributed by atoms with Crippen molar-refractivity contribution in [3.8, 4) is 0 Å². The molecule has 0 N–H and O–H groups in total. The first-order chi connectivity index (χ1) is 17.8. The average molecular weight is 520 g/mol. The highest BCUT2D eigenvalue weighted by atomic mass is 35.5. The number of aromatic nitrogens is 2. The maximum absolute atomic E-state index is 13.7. The van der Waals surface area contributed by atoms with Gasteiger partial charge in [0.2, 0.25) is 5.52 Å². The molecule has 2 aromatic heterocycles. The Morgan fingerprint density at radius 2 is 1.59 bits per heavy atom. The van der Waals surface area contributed by atoms with Crippen molar-refractivity contribution in [3.63, 3.8) is 0 Å². The summed E-state index contributed by atoms with van der Waals surface area (Å²) in [5.74, 6) is -0.418. The summed E-state index contributed by atoms with van der Waals surface area (Å²) in [7, 11) is 1.63. The number of aryl methyl sites for hydroxylation is 1. The van der Waals surface area contributed by atoms with Crippen LogP contribution in [0.2, 0.25) is 5.02 Å². The van der Waals surface area contributed by atoms with E-state index in [1.165, 1.54) is 28.8 Å². The number of nitrogens with zero attached hydrogens (tertiary/aromatic N) is 5. The Morgan fingerprint density at radius 3 is 2.14 bits per heavy atom. The van der Waals surface area contributed by atoms with Gasteiger partial charge in [0.05, 0.1) is 11.6 Å².